The molecule has 1 aliphatic rings. The maximum Gasteiger partial charge on any atom is 0.471 e. The van der Waals surface area contributed by atoms with Gasteiger partial charge < -0.3 is 15.2 Å². The van der Waals surface area contributed by atoms with Crippen LogP contribution in [0.5, 0.6) is 5.75 Å². The molecule has 120 valence electrons. The van der Waals surface area contributed by atoms with E-state index < -0.39 is 42.4 Å². The van der Waals surface area contributed by atoms with Crippen LogP contribution in [0.2, 0.25) is 0 Å². The average molecular weight is 322 g/mol. The summed E-state index contributed by atoms with van der Waals surface area (Å²) < 4.78 is 54.1. The van der Waals surface area contributed by atoms with Crippen LogP contribution in [0.25, 0.3) is 0 Å². The van der Waals surface area contributed by atoms with Crippen molar-refractivity contribution in [3.8, 4) is 5.75 Å². The summed E-state index contributed by atoms with van der Waals surface area (Å²) in [7, 11) is 0. The number of hydrogen-bond acceptors (Lipinski definition) is 4. The molecule has 1 atom stereocenters. The van der Waals surface area contributed by atoms with Crippen LogP contribution in [0.1, 0.15) is 0 Å². The Labute approximate surface area is 121 Å². The zero-order valence-electron chi connectivity index (χ0n) is 10.9. The first kappa shape index (κ1) is 15.9. The third-order valence-electron chi connectivity index (χ3n) is 2.86. The second-order valence-electron chi connectivity index (χ2n) is 4.46. The normalized spacial score (nSPS) is 18.3. The molecule has 1 aromatic rings. The molecule has 0 bridgehead atoms. The number of ether oxygens (including phenoxy) is 1. The molecule has 2 N–H and O–H groups in total. The van der Waals surface area contributed by atoms with Crippen molar-refractivity contribution in [3.05, 3.63) is 24.0 Å². The smallest absolute Gasteiger partial charge is 0.471 e. The molecule has 2 rings (SSSR count). The van der Waals surface area contributed by atoms with Gasteiger partial charge in [-0.15, -0.1) is 0 Å². The number of phenols is 1. The topological polar surface area (TPSA) is 78.9 Å². The summed E-state index contributed by atoms with van der Waals surface area (Å²) in [5.74, 6) is -3.71. The number of phenolic OH excluding ortho intramolecular Hbond substituents is 1. The van der Waals surface area contributed by atoms with Gasteiger partial charge in [-0.05, 0) is 12.1 Å². The summed E-state index contributed by atoms with van der Waals surface area (Å²) in [5.41, 5.74) is 0.0740. The van der Waals surface area contributed by atoms with Crippen molar-refractivity contribution in [1.29, 1.82) is 0 Å². The first-order valence-electron chi connectivity index (χ1n) is 6.00. The van der Waals surface area contributed by atoms with Gasteiger partial charge in [0.1, 0.15) is 6.10 Å². The van der Waals surface area contributed by atoms with E-state index in [4.69, 9.17) is 9.84 Å². The van der Waals surface area contributed by atoms with E-state index in [1.54, 1.807) is 5.32 Å². The number of nitrogens with one attached hydrogen (secondary N) is 1. The number of amides is 2. The number of nitrogens with zero attached hydrogens (tertiary/aromatic N) is 1. The highest BCUT2D eigenvalue weighted by Gasteiger charge is 2.40. The number of hydrogen-bond donors (Lipinski definition) is 2. The van der Waals surface area contributed by atoms with Crippen LogP contribution >= 0.6 is 0 Å². The lowest BCUT2D eigenvalue weighted by molar-refractivity contribution is -0.173. The molecule has 0 aliphatic carbocycles. The van der Waals surface area contributed by atoms with Gasteiger partial charge in [0.15, 0.2) is 11.6 Å². The fraction of sp³-hybridized carbons (Fsp3) is 0.333. The summed E-state index contributed by atoms with van der Waals surface area (Å²) in [6.07, 6.45) is -6.92. The van der Waals surface area contributed by atoms with Crippen LogP contribution < -0.4 is 10.2 Å². The van der Waals surface area contributed by atoms with Gasteiger partial charge in [-0.2, -0.15) is 13.2 Å². The zero-order chi connectivity index (χ0) is 16.5. The second kappa shape index (κ2) is 5.70. The van der Waals surface area contributed by atoms with E-state index in [0.29, 0.717) is 0 Å². The van der Waals surface area contributed by atoms with Gasteiger partial charge in [0.25, 0.3) is 0 Å². The molecule has 0 aromatic heterocycles. The van der Waals surface area contributed by atoms with Gasteiger partial charge in [0.05, 0.1) is 18.8 Å². The standard InChI is InChI=1S/C12H10F4N2O4/c13-8-3-6(1-2-9(8)19)18-5-7(22-11(18)21)4-17-10(20)12(14,15)16/h1-3,7,19H,4-5H2,(H,17,20)/t7-/m0/s1. The van der Waals surface area contributed by atoms with E-state index in [1.165, 1.54) is 6.07 Å². The van der Waals surface area contributed by atoms with Crippen molar-refractivity contribution >= 4 is 17.7 Å². The molecule has 10 heteroatoms. The number of halogens is 4. The van der Waals surface area contributed by atoms with Crippen LogP contribution in [0.15, 0.2) is 18.2 Å². The summed E-state index contributed by atoms with van der Waals surface area (Å²) in [6.45, 7) is -0.692. The molecule has 2 amide bonds. The Balaban J connectivity index is 1.99. The van der Waals surface area contributed by atoms with Crippen LogP contribution in [-0.4, -0.2) is 42.5 Å². The molecule has 1 aromatic carbocycles. The number of anilines is 1. The minimum atomic E-state index is -5.03. The highest BCUT2D eigenvalue weighted by Crippen LogP contribution is 2.26. The number of cyclic esters (lactones) is 1. The zero-order valence-corrected chi connectivity index (χ0v) is 10.9. The minimum absolute atomic E-state index is 0.0740. The maximum absolute atomic E-state index is 13.2. The minimum Gasteiger partial charge on any atom is -0.505 e. The molecule has 0 saturated carbocycles. The molecule has 22 heavy (non-hydrogen) atoms. The van der Waals surface area contributed by atoms with Crippen molar-refractivity contribution in [2.24, 2.45) is 0 Å². The fourth-order valence-electron chi connectivity index (χ4n) is 1.81. The molecule has 1 saturated heterocycles. The van der Waals surface area contributed by atoms with Crippen LogP contribution in [0.4, 0.5) is 28.0 Å². The number of benzene rings is 1. The SMILES string of the molecule is O=C1O[C@@H](CNC(=O)C(F)(F)F)CN1c1ccc(O)c(F)c1. The Bertz CT molecular complexity index is 605. The number of carbonyl (C=O) groups is 2. The maximum atomic E-state index is 13.2. The van der Waals surface area contributed by atoms with Gasteiger partial charge in [-0.3, -0.25) is 9.69 Å². The highest BCUT2D eigenvalue weighted by molar-refractivity contribution is 5.90. The van der Waals surface area contributed by atoms with Crippen molar-refractivity contribution in [2.45, 2.75) is 12.3 Å². The largest absolute Gasteiger partial charge is 0.505 e. The fourth-order valence-corrected chi connectivity index (χ4v) is 1.81. The monoisotopic (exact) mass is 322 g/mol. The van der Waals surface area contributed by atoms with Crippen LogP contribution in [0, 0.1) is 5.82 Å². The lowest BCUT2D eigenvalue weighted by Gasteiger charge is -2.13. The Kier molecular flexibility index (Phi) is 4.11. The predicted molar refractivity (Wildman–Crippen MR) is 64.7 cm³/mol. The van der Waals surface area contributed by atoms with Crippen molar-refractivity contribution in [1.82, 2.24) is 5.32 Å². The van der Waals surface area contributed by atoms with Crippen LogP contribution in [0.3, 0.4) is 0 Å². The van der Waals surface area contributed by atoms with E-state index in [9.17, 15) is 27.2 Å². The molecular weight excluding hydrogens is 312 g/mol. The Morgan fingerprint density at radius 2 is 2.14 bits per heavy atom. The summed E-state index contributed by atoms with van der Waals surface area (Å²) in [6, 6.07) is 3.15. The third-order valence-corrected chi connectivity index (χ3v) is 2.86. The van der Waals surface area contributed by atoms with E-state index in [1.807, 2.05) is 0 Å². The first-order valence-corrected chi connectivity index (χ1v) is 6.00. The number of alkyl halides is 3. The number of aromatic hydroxyl groups is 1. The Morgan fingerprint density at radius 3 is 2.73 bits per heavy atom. The second-order valence-corrected chi connectivity index (χ2v) is 4.46. The van der Waals surface area contributed by atoms with E-state index in [0.717, 1.165) is 17.0 Å². The Hall–Kier alpha value is -2.52. The third kappa shape index (κ3) is 3.38. The Morgan fingerprint density at radius 1 is 1.45 bits per heavy atom. The van der Waals surface area contributed by atoms with Gasteiger partial charge >= 0.3 is 18.2 Å². The lowest BCUT2D eigenvalue weighted by atomic mass is 10.2. The van der Waals surface area contributed by atoms with Crippen LogP contribution in [-0.2, 0) is 9.53 Å². The molecule has 0 radical (unpaired) electrons. The number of carbonyl (C=O) groups excluding carboxylic acids is 2. The van der Waals surface area contributed by atoms with Gasteiger partial charge in [0, 0.05) is 6.07 Å². The van der Waals surface area contributed by atoms with Gasteiger partial charge in [-0.25, -0.2) is 9.18 Å². The molecule has 1 heterocycles. The lowest BCUT2D eigenvalue weighted by Crippen LogP contribution is -2.41. The summed E-state index contributed by atoms with van der Waals surface area (Å²) in [4.78, 5) is 23.3. The molecule has 6 nitrogen and oxygen atoms in total. The summed E-state index contributed by atoms with van der Waals surface area (Å²) >= 11 is 0. The molecule has 1 fully saturated rings. The van der Waals surface area contributed by atoms with E-state index in [2.05, 4.69) is 0 Å². The predicted octanol–water partition coefficient (Wildman–Crippen LogP) is 1.53. The van der Waals surface area contributed by atoms with Gasteiger partial charge in [0.2, 0.25) is 0 Å². The summed E-state index contributed by atoms with van der Waals surface area (Å²) in [5, 5.41) is 10.7. The average Bonchev–Trinajstić information content (AvgIpc) is 2.79. The van der Waals surface area contributed by atoms with E-state index >= 15 is 0 Å². The quantitative estimate of drug-likeness (QED) is 0.827. The molecule has 0 unspecified atom stereocenters. The highest BCUT2D eigenvalue weighted by atomic mass is 19.4. The number of rotatable bonds is 3. The molecular formula is C12H10F4N2O4. The van der Waals surface area contributed by atoms with E-state index in [-0.39, 0.29) is 12.2 Å². The molecule has 0 spiro atoms. The van der Waals surface area contributed by atoms with Crippen molar-refractivity contribution < 1.29 is 37.0 Å². The van der Waals surface area contributed by atoms with Crippen molar-refractivity contribution in [3.63, 3.8) is 0 Å². The molecule has 1 aliphatic heterocycles. The first-order chi connectivity index (χ1) is 10.2. The van der Waals surface area contributed by atoms with Gasteiger partial charge in [-0.1, -0.05) is 0 Å². The van der Waals surface area contributed by atoms with Crippen molar-refractivity contribution in [2.75, 3.05) is 18.0 Å².